The summed E-state index contributed by atoms with van der Waals surface area (Å²) in [6.07, 6.45) is 1.65. The summed E-state index contributed by atoms with van der Waals surface area (Å²) in [5, 5.41) is 12.8. The second-order valence-corrected chi connectivity index (χ2v) is 5.92. The number of benzene rings is 2. The zero-order chi connectivity index (χ0) is 17.1. The summed E-state index contributed by atoms with van der Waals surface area (Å²) in [7, 11) is 1.46. The number of methoxy groups -OCH3 is 1. The Morgan fingerprint density at radius 1 is 1.25 bits per heavy atom. The largest absolute Gasteiger partial charge is 0.504 e. The highest BCUT2D eigenvalue weighted by molar-refractivity contribution is 8.18. The number of hydrogen-bond donors (Lipinski definition) is 2. The number of carbonyl (C=O) groups excluding carboxylic acids is 1. The molecule has 7 heteroatoms. The lowest BCUT2D eigenvalue weighted by molar-refractivity contribution is -0.115. The van der Waals surface area contributed by atoms with Gasteiger partial charge in [0.25, 0.3) is 5.91 Å². The predicted molar refractivity (Wildman–Crippen MR) is 91.9 cm³/mol. The number of aromatic hydroxyl groups is 1. The quantitative estimate of drug-likeness (QED) is 0.837. The number of halogens is 1. The minimum absolute atomic E-state index is 0.00421. The van der Waals surface area contributed by atoms with Crippen molar-refractivity contribution < 1.29 is 19.0 Å². The highest BCUT2D eigenvalue weighted by Gasteiger charge is 2.23. The minimum Gasteiger partial charge on any atom is -0.504 e. The number of carbonyl (C=O) groups is 1. The summed E-state index contributed by atoms with van der Waals surface area (Å²) in [6.45, 7) is 0. The highest BCUT2D eigenvalue weighted by Crippen LogP contribution is 2.31. The van der Waals surface area contributed by atoms with Crippen molar-refractivity contribution in [3.63, 3.8) is 0 Å². The van der Waals surface area contributed by atoms with E-state index in [2.05, 4.69) is 10.3 Å². The number of thioether (sulfide) groups is 1. The number of amidine groups is 1. The summed E-state index contributed by atoms with van der Waals surface area (Å²) >= 11 is 1.17. The Morgan fingerprint density at radius 2 is 2.00 bits per heavy atom. The van der Waals surface area contributed by atoms with E-state index in [1.807, 2.05) is 0 Å². The molecule has 0 aromatic heterocycles. The van der Waals surface area contributed by atoms with Crippen LogP contribution in [0.25, 0.3) is 6.08 Å². The lowest BCUT2D eigenvalue weighted by Crippen LogP contribution is -2.19. The zero-order valence-corrected chi connectivity index (χ0v) is 13.4. The standard InChI is InChI=1S/C17H13FN2O3S/c1-23-14-7-2-10(8-13(14)21)9-15-16(22)20-17(24-15)19-12-5-3-11(18)4-6-12/h2-9,21H,1H3,(H,19,20,22). The molecule has 2 aromatic carbocycles. The Morgan fingerprint density at radius 3 is 2.67 bits per heavy atom. The van der Waals surface area contributed by atoms with Gasteiger partial charge < -0.3 is 15.2 Å². The van der Waals surface area contributed by atoms with Gasteiger partial charge in [0.15, 0.2) is 16.7 Å². The van der Waals surface area contributed by atoms with Crippen molar-refractivity contribution in [1.82, 2.24) is 5.32 Å². The van der Waals surface area contributed by atoms with Crippen molar-refractivity contribution in [2.75, 3.05) is 7.11 Å². The van der Waals surface area contributed by atoms with Crippen molar-refractivity contribution in [2.45, 2.75) is 0 Å². The number of phenolic OH excluding ortho intramolecular Hbond substituents is 1. The van der Waals surface area contributed by atoms with E-state index < -0.39 is 0 Å². The Hall–Kier alpha value is -2.80. The van der Waals surface area contributed by atoms with Crippen LogP contribution in [0.2, 0.25) is 0 Å². The molecule has 5 nitrogen and oxygen atoms in total. The van der Waals surface area contributed by atoms with Crippen LogP contribution in [0.1, 0.15) is 5.56 Å². The number of rotatable bonds is 3. The molecule has 0 radical (unpaired) electrons. The Kier molecular flexibility index (Phi) is 4.52. The fourth-order valence-electron chi connectivity index (χ4n) is 2.06. The van der Waals surface area contributed by atoms with Gasteiger partial charge in [0, 0.05) is 0 Å². The molecule has 1 fully saturated rings. The molecule has 24 heavy (non-hydrogen) atoms. The molecular formula is C17H13FN2O3S. The molecule has 0 bridgehead atoms. The lowest BCUT2D eigenvalue weighted by Gasteiger charge is -2.03. The average molecular weight is 344 g/mol. The molecule has 1 saturated heterocycles. The Labute approximate surface area is 141 Å². The lowest BCUT2D eigenvalue weighted by atomic mass is 10.2. The Balaban J connectivity index is 1.81. The first-order valence-electron chi connectivity index (χ1n) is 6.97. The molecule has 1 amide bonds. The number of amides is 1. The van der Waals surface area contributed by atoms with Gasteiger partial charge in [0.1, 0.15) is 5.82 Å². The third-order valence-corrected chi connectivity index (χ3v) is 4.12. The summed E-state index contributed by atoms with van der Waals surface area (Å²) in [5.74, 6) is -0.271. The van der Waals surface area contributed by atoms with Gasteiger partial charge in [-0.15, -0.1) is 0 Å². The molecule has 3 rings (SSSR count). The maximum absolute atomic E-state index is 12.9. The molecule has 0 unspecified atom stereocenters. The first-order valence-corrected chi connectivity index (χ1v) is 7.79. The SMILES string of the molecule is COc1ccc(C=C2SC(=Nc3ccc(F)cc3)NC2=O)cc1O. The van der Waals surface area contributed by atoms with Gasteiger partial charge in [0.05, 0.1) is 17.7 Å². The van der Waals surface area contributed by atoms with E-state index in [9.17, 15) is 14.3 Å². The first kappa shape index (κ1) is 16.1. The number of nitrogens with one attached hydrogen (secondary N) is 1. The van der Waals surface area contributed by atoms with Crippen LogP contribution < -0.4 is 10.1 Å². The number of phenols is 1. The molecule has 0 saturated carbocycles. The van der Waals surface area contributed by atoms with Crippen LogP contribution in [0.15, 0.2) is 52.4 Å². The van der Waals surface area contributed by atoms with Crippen LogP contribution in [0.5, 0.6) is 11.5 Å². The van der Waals surface area contributed by atoms with Crippen LogP contribution >= 0.6 is 11.8 Å². The number of aliphatic imine (C=N–C) groups is 1. The molecule has 122 valence electrons. The van der Waals surface area contributed by atoms with Crippen molar-refractivity contribution >= 4 is 34.6 Å². The zero-order valence-electron chi connectivity index (χ0n) is 12.6. The molecule has 0 atom stereocenters. The van der Waals surface area contributed by atoms with Gasteiger partial charge in [-0.1, -0.05) is 6.07 Å². The fraction of sp³-hybridized carbons (Fsp3) is 0.0588. The molecule has 0 spiro atoms. The molecule has 2 aromatic rings. The highest BCUT2D eigenvalue weighted by atomic mass is 32.2. The van der Waals surface area contributed by atoms with Gasteiger partial charge in [-0.25, -0.2) is 9.38 Å². The molecular weight excluding hydrogens is 331 g/mol. The second-order valence-electron chi connectivity index (χ2n) is 4.89. The van der Waals surface area contributed by atoms with E-state index in [0.717, 1.165) is 0 Å². The van der Waals surface area contributed by atoms with Crippen LogP contribution in [0, 0.1) is 5.82 Å². The van der Waals surface area contributed by atoms with Gasteiger partial charge in [-0.2, -0.15) is 0 Å². The maximum Gasteiger partial charge on any atom is 0.264 e. The van der Waals surface area contributed by atoms with E-state index in [1.54, 1.807) is 18.2 Å². The molecule has 2 N–H and O–H groups in total. The van der Waals surface area contributed by atoms with Crippen LogP contribution in [0.3, 0.4) is 0 Å². The monoisotopic (exact) mass is 344 g/mol. The topological polar surface area (TPSA) is 70.9 Å². The van der Waals surface area contributed by atoms with Crippen molar-refractivity contribution in [3.05, 3.63) is 58.8 Å². The summed E-state index contributed by atoms with van der Waals surface area (Å²) in [6, 6.07) is 10.5. The smallest absolute Gasteiger partial charge is 0.264 e. The maximum atomic E-state index is 12.9. The van der Waals surface area contributed by atoms with Crippen LogP contribution in [-0.2, 0) is 4.79 Å². The average Bonchev–Trinajstić information content (AvgIpc) is 2.89. The summed E-state index contributed by atoms with van der Waals surface area (Å²) in [5.41, 5.74) is 1.21. The van der Waals surface area contributed by atoms with Gasteiger partial charge in [0.2, 0.25) is 0 Å². The predicted octanol–water partition coefficient (Wildman–Crippen LogP) is 3.43. The van der Waals surface area contributed by atoms with Gasteiger partial charge in [-0.05, 0) is 59.8 Å². The molecule has 1 aliphatic rings. The number of ether oxygens (including phenoxy) is 1. The number of hydrogen-bond acceptors (Lipinski definition) is 5. The second kappa shape index (κ2) is 6.76. The fourth-order valence-corrected chi connectivity index (χ4v) is 2.90. The van der Waals surface area contributed by atoms with E-state index >= 15 is 0 Å². The first-order chi connectivity index (χ1) is 11.5. The van der Waals surface area contributed by atoms with Gasteiger partial charge in [-0.3, -0.25) is 4.79 Å². The van der Waals surface area contributed by atoms with Crippen molar-refractivity contribution in [2.24, 2.45) is 4.99 Å². The molecule has 1 aliphatic heterocycles. The van der Waals surface area contributed by atoms with Crippen LogP contribution in [-0.4, -0.2) is 23.3 Å². The van der Waals surface area contributed by atoms with Gasteiger partial charge >= 0.3 is 0 Å². The Bertz CT molecular complexity index is 847. The third-order valence-electron chi connectivity index (χ3n) is 3.21. The number of nitrogens with zero attached hydrogens (tertiary/aromatic N) is 1. The van der Waals surface area contributed by atoms with E-state index in [-0.39, 0.29) is 17.5 Å². The normalized spacial score (nSPS) is 17.3. The van der Waals surface area contributed by atoms with Crippen molar-refractivity contribution in [3.8, 4) is 11.5 Å². The summed E-state index contributed by atoms with van der Waals surface area (Å²) < 4.78 is 17.9. The van der Waals surface area contributed by atoms with E-state index in [1.165, 1.54) is 49.2 Å². The van der Waals surface area contributed by atoms with Crippen molar-refractivity contribution in [1.29, 1.82) is 0 Å². The minimum atomic E-state index is -0.345. The summed E-state index contributed by atoms with van der Waals surface area (Å²) in [4.78, 5) is 16.7. The van der Waals surface area contributed by atoms with E-state index in [0.29, 0.717) is 27.1 Å². The van der Waals surface area contributed by atoms with E-state index in [4.69, 9.17) is 4.74 Å². The molecule has 1 heterocycles. The van der Waals surface area contributed by atoms with Crippen LogP contribution in [0.4, 0.5) is 10.1 Å². The molecule has 0 aliphatic carbocycles. The third kappa shape index (κ3) is 3.57.